The van der Waals surface area contributed by atoms with E-state index in [-0.39, 0.29) is 12.4 Å². The Labute approximate surface area is 91.4 Å². The highest BCUT2D eigenvalue weighted by Gasteiger charge is 1.93. The predicted molar refractivity (Wildman–Crippen MR) is 60.4 cm³/mol. The molecule has 0 aromatic heterocycles. The molecule has 0 atom stereocenters. The van der Waals surface area contributed by atoms with Crippen LogP contribution in [0.4, 0.5) is 0 Å². The first-order valence-corrected chi connectivity index (χ1v) is 4.56. The van der Waals surface area contributed by atoms with Gasteiger partial charge in [0.1, 0.15) is 0 Å². The van der Waals surface area contributed by atoms with Gasteiger partial charge in [0.15, 0.2) is 0 Å². The van der Waals surface area contributed by atoms with Gasteiger partial charge in [-0.2, -0.15) is 5.26 Å². The van der Waals surface area contributed by atoms with Crippen LogP contribution in [-0.4, -0.2) is 6.54 Å². The third-order valence-corrected chi connectivity index (χ3v) is 1.81. The molecule has 14 heavy (non-hydrogen) atoms. The molecule has 1 aromatic carbocycles. The van der Waals surface area contributed by atoms with Crippen molar-refractivity contribution in [2.75, 3.05) is 6.54 Å². The Hall–Kier alpha value is -1.04. The van der Waals surface area contributed by atoms with Crippen LogP contribution in [0.3, 0.4) is 0 Å². The fourth-order valence-electron chi connectivity index (χ4n) is 1.16. The van der Waals surface area contributed by atoms with E-state index in [1.54, 1.807) is 0 Å². The molecule has 76 valence electrons. The highest BCUT2D eigenvalue weighted by atomic mass is 35.5. The maximum Gasteiger partial charge on any atom is 0.0991 e. The highest BCUT2D eigenvalue weighted by Crippen LogP contribution is 2.03. The normalized spacial score (nSPS) is 8.86. The minimum Gasteiger partial charge on any atom is -0.313 e. The Bertz CT molecular complexity index is 304. The molecular weight excluding hydrogens is 196 g/mol. The maximum atomic E-state index is 8.66. The molecule has 0 saturated carbocycles. The van der Waals surface area contributed by atoms with Gasteiger partial charge in [-0.1, -0.05) is 19.1 Å². The van der Waals surface area contributed by atoms with Crippen molar-refractivity contribution in [3.63, 3.8) is 0 Å². The summed E-state index contributed by atoms with van der Waals surface area (Å²) in [5.74, 6) is 0. The molecule has 0 unspecified atom stereocenters. The van der Waals surface area contributed by atoms with Crippen molar-refractivity contribution in [2.24, 2.45) is 0 Å². The molecule has 0 aliphatic carbocycles. The van der Waals surface area contributed by atoms with E-state index >= 15 is 0 Å². The van der Waals surface area contributed by atoms with Gasteiger partial charge in [-0.15, -0.1) is 12.4 Å². The molecule has 0 aliphatic heterocycles. The first-order valence-electron chi connectivity index (χ1n) is 4.56. The zero-order valence-corrected chi connectivity index (χ0v) is 9.10. The number of nitrogens with zero attached hydrogens (tertiary/aromatic N) is 1. The number of nitrogens with one attached hydrogen (secondary N) is 1. The average molecular weight is 211 g/mol. The Kier molecular flexibility index (Phi) is 6.82. The van der Waals surface area contributed by atoms with E-state index in [1.165, 1.54) is 5.56 Å². The van der Waals surface area contributed by atoms with Crippen molar-refractivity contribution in [2.45, 2.75) is 19.9 Å². The molecular formula is C11H15ClN2. The fraction of sp³-hybridized carbons (Fsp3) is 0.364. The summed E-state index contributed by atoms with van der Waals surface area (Å²) in [6, 6.07) is 9.82. The van der Waals surface area contributed by atoms with Crippen molar-refractivity contribution >= 4 is 12.4 Å². The van der Waals surface area contributed by atoms with E-state index in [9.17, 15) is 0 Å². The standard InChI is InChI=1S/C11H14N2.ClH/c1-2-6-13-9-11-5-3-4-10(7-11)8-12;/h3-5,7,13H,2,6,9H2,1H3;1H. The van der Waals surface area contributed by atoms with E-state index in [0.29, 0.717) is 0 Å². The molecule has 0 bridgehead atoms. The summed E-state index contributed by atoms with van der Waals surface area (Å²) in [6.07, 6.45) is 1.14. The second kappa shape index (κ2) is 7.37. The average Bonchev–Trinajstić information content (AvgIpc) is 2.19. The molecule has 0 aliphatic rings. The zero-order chi connectivity index (χ0) is 9.52. The zero-order valence-electron chi connectivity index (χ0n) is 8.29. The summed E-state index contributed by atoms with van der Waals surface area (Å²) in [5, 5.41) is 12.0. The lowest BCUT2D eigenvalue weighted by molar-refractivity contribution is 0.675. The summed E-state index contributed by atoms with van der Waals surface area (Å²) < 4.78 is 0. The van der Waals surface area contributed by atoms with E-state index < -0.39 is 0 Å². The Morgan fingerprint density at radius 3 is 2.86 bits per heavy atom. The highest BCUT2D eigenvalue weighted by molar-refractivity contribution is 5.85. The van der Waals surface area contributed by atoms with Gasteiger partial charge in [-0.25, -0.2) is 0 Å². The molecule has 1 N–H and O–H groups in total. The van der Waals surface area contributed by atoms with Crippen LogP contribution in [0.1, 0.15) is 24.5 Å². The molecule has 0 spiro atoms. The van der Waals surface area contributed by atoms with Crippen LogP contribution in [-0.2, 0) is 6.54 Å². The third kappa shape index (κ3) is 4.27. The number of benzene rings is 1. The van der Waals surface area contributed by atoms with Crippen LogP contribution in [0.2, 0.25) is 0 Å². The molecule has 3 heteroatoms. The van der Waals surface area contributed by atoms with E-state index in [0.717, 1.165) is 25.1 Å². The van der Waals surface area contributed by atoms with Crippen molar-refractivity contribution in [3.05, 3.63) is 35.4 Å². The monoisotopic (exact) mass is 210 g/mol. The van der Waals surface area contributed by atoms with Gasteiger partial charge in [0.2, 0.25) is 0 Å². The first-order chi connectivity index (χ1) is 6.36. The van der Waals surface area contributed by atoms with E-state index in [1.807, 2.05) is 24.3 Å². The molecule has 0 radical (unpaired) electrons. The van der Waals surface area contributed by atoms with Gasteiger partial charge in [0.25, 0.3) is 0 Å². The minimum absolute atomic E-state index is 0. The van der Waals surface area contributed by atoms with Gasteiger partial charge in [-0.3, -0.25) is 0 Å². The minimum atomic E-state index is 0. The predicted octanol–water partition coefficient (Wildman–Crippen LogP) is 2.48. The molecule has 0 amide bonds. The second-order valence-electron chi connectivity index (χ2n) is 2.99. The lowest BCUT2D eigenvalue weighted by Gasteiger charge is -2.02. The van der Waals surface area contributed by atoms with Crippen LogP contribution in [0.15, 0.2) is 24.3 Å². The van der Waals surface area contributed by atoms with Gasteiger partial charge in [0.05, 0.1) is 11.6 Å². The summed E-state index contributed by atoms with van der Waals surface area (Å²) in [5.41, 5.74) is 1.91. The van der Waals surface area contributed by atoms with E-state index in [2.05, 4.69) is 18.3 Å². The number of halogens is 1. The molecule has 1 rings (SSSR count). The van der Waals surface area contributed by atoms with Gasteiger partial charge in [0, 0.05) is 6.54 Å². The Morgan fingerprint density at radius 1 is 1.43 bits per heavy atom. The second-order valence-corrected chi connectivity index (χ2v) is 2.99. The smallest absolute Gasteiger partial charge is 0.0991 e. The molecule has 1 aromatic rings. The van der Waals surface area contributed by atoms with Crippen LogP contribution >= 0.6 is 12.4 Å². The number of nitriles is 1. The number of hydrogen-bond donors (Lipinski definition) is 1. The van der Waals surface area contributed by atoms with Crippen molar-refractivity contribution in [1.82, 2.24) is 5.32 Å². The number of rotatable bonds is 4. The fourth-order valence-corrected chi connectivity index (χ4v) is 1.16. The molecule has 0 heterocycles. The van der Waals surface area contributed by atoms with Crippen molar-refractivity contribution in [1.29, 1.82) is 5.26 Å². The number of hydrogen-bond acceptors (Lipinski definition) is 2. The van der Waals surface area contributed by atoms with Gasteiger partial charge < -0.3 is 5.32 Å². The molecule has 0 saturated heterocycles. The SMILES string of the molecule is CCCNCc1cccc(C#N)c1.Cl. The summed E-state index contributed by atoms with van der Waals surface area (Å²) >= 11 is 0. The van der Waals surface area contributed by atoms with Gasteiger partial charge in [-0.05, 0) is 30.7 Å². The Morgan fingerprint density at radius 2 is 2.21 bits per heavy atom. The van der Waals surface area contributed by atoms with Crippen LogP contribution < -0.4 is 5.32 Å². The lowest BCUT2D eigenvalue weighted by atomic mass is 10.1. The topological polar surface area (TPSA) is 35.8 Å². The van der Waals surface area contributed by atoms with E-state index in [4.69, 9.17) is 5.26 Å². The summed E-state index contributed by atoms with van der Waals surface area (Å²) in [6.45, 7) is 4.01. The third-order valence-electron chi connectivity index (χ3n) is 1.81. The van der Waals surface area contributed by atoms with Crippen molar-refractivity contribution in [3.8, 4) is 6.07 Å². The van der Waals surface area contributed by atoms with Crippen molar-refractivity contribution < 1.29 is 0 Å². The molecule has 2 nitrogen and oxygen atoms in total. The largest absolute Gasteiger partial charge is 0.313 e. The quantitative estimate of drug-likeness (QED) is 0.776. The van der Waals surface area contributed by atoms with Crippen LogP contribution in [0.5, 0.6) is 0 Å². The summed E-state index contributed by atoms with van der Waals surface area (Å²) in [7, 11) is 0. The summed E-state index contributed by atoms with van der Waals surface area (Å²) in [4.78, 5) is 0. The first kappa shape index (κ1) is 13.0. The van der Waals surface area contributed by atoms with Crippen LogP contribution in [0.25, 0.3) is 0 Å². The molecule has 0 fully saturated rings. The van der Waals surface area contributed by atoms with Gasteiger partial charge >= 0.3 is 0 Å². The lowest BCUT2D eigenvalue weighted by Crippen LogP contribution is -2.13. The van der Waals surface area contributed by atoms with Crippen LogP contribution in [0, 0.1) is 11.3 Å². The maximum absolute atomic E-state index is 8.66. The Balaban J connectivity index is 0.00000169.